The molecule has 9 heteroatoms. The van der Waals surface area contributed by atoms with E-state index < -0.39 is 5.60 Å². The summed E-state index contributed by atoms with van der Waals surface area (Å²) in [5.41, 5.74) is 5.25. The first-order valence-corrected chi connectivity index (χ1v) is 8.36. The van der Waals surface area contributed by atoms with Gasteiger partial charge in [0.15, 0.2) is 5.84 Å². The van der Waals surface area contributed by atoms with Gasteiger partial charge in [0.2, 0.25) is 0 Å². The molecule has 1 aromatic rings. The lowest BCUT2D eigenvalue weighted by Crippen LogP contribution is -2.44. The molecule has 0 saturated carbocycles. The molecule has 2 rings (SSSR count). The molecular formula is C16H23ClN4O4. The van der Waals surface area contributed by atoms with Crippen LogP contribution >= 0.6 is 11.6 Å². The maximum absolute atomic E-state index is 12.1. The lowest BCUT2D eigenvalue weighted by Gasteiger charge is -2.33. The molecular weight excluding hydrogens is 348 g/mol. The zero-order valence-corrected chi connectivity index (χ0v) is 15.3. The predicted octanol–water partition coefficient (Wildman–Crippen LogP) is 2.61. The smallest absolute Gasteiger partial charge is 0.410 e. The Morgan fingerprint density at radius 2 is 2.04 bits per heavy atom. The van der Waals surface area contributed by atoms with Crippen LogP contribution in [0.1, 0.15) is 39.3 Å². The van der Waals surface area contributed by atoms with E-state index in [1.54, 1.807) is 17.0 Å². The molecule has 8 nitrogen and oxygen atoms in total. The molecule has 0 spiro atoms. The summed E-state index contributed by atoms with van der Waals surface area (Å²) >= 11 is 5.94. The number of amides is 1. The molecule has 1 saturated heterocycles. The Balaban J connectivity index is 1.94. The molecule has 1 fully saturated rings. The number of hydrogen-bond acceptors (Lipinski definition) is 6. The van der Waals surface area contributed by atoms with E-state index in [4.69, 9.17) is 32.0 Å². The molecule has 138 valence electrons. The number of rotatable bonds is 3. The minimum Gasteiger partial charge on any atom is -0.490 e. The maximum Gasteiger partial charge on any atom is 0.410 e. The normalized spacial score (nSPS) is 16.6. The van der Waals surface area contributed by atoms with Gasteiger partial charge >= 0.3 is 6.09 Å². The number of nitrogens with two attached hydrogens (primary N) is 1. The van der Waals surface area contributed by atoms with Crippen molar-refractivity contribution in [3.05, 3.63) is 23.0 Å². The number of aromatic nitrogens is 1. The Kier molecular flexibility index (Phi) is 5.94. The first-order chi connectivity index (χ1) is 11.7. The van der Waals surface area contributed by atoms with E-state index in [-0.39, 0.29) is 28.9 Å². The van der Waals surface area contributed by atoms with Crippen LogP contribution in [0.2, 0.25) is 5.15 Å². The molecule has 0 radical (unpaired) electrons. The Labute approximate surface area is 151 Å². The number of hydrogen-bond donors (Lipinski definition) is 2. The van der Waals surface area contributed by atoms with Crippen LogP contribution in [0.3, 0.4) is 0 Å². The van der Waals surface area contributed by atoms with Crippen LogP contribution in [0.15, 0.2) is 17.3 Å². The van der Waals surface area contributed by atoms with Gasteiger partial charge in [0, 0.05) is 38.1 Å². The van der Waals surface area contributed by atoms with Gasteiger partial charge in [0.05, 0.1) is 0 Å². The van der Waals surface area contributed by atoms with Gasteiger partial charge in [-0.15, -0.1) is 0 Å². The van der Waals surface area contributed by atoms with Gasteiger partial charge in [0.1, 0.15) is 28.3 Å². The summed E-state index contributed by atoms with van der Waals surface area (Å²) in [6.45, 7) is 6.61. The molecule has 2 heterocycles. The van der Waals surface area contributed by atoms with E-state index in [1.807, 2.05) is 20.8 Å². The summed E-state index contributed by atoms with van der Waals surface area (Å²) in [5.74, 6) is 0.337. The average molecular weight is 371 g/mol. The third kappa shape index (κ3) is 5.67. The Morgan fingerprint density at radius 3 is 2.60 bits per heavy atom. The molecule has 1 aliphatic rings. The summed E-state index contributed by atoms with van der Waals surface area (Å²) in [6.07, 6.45) is 0.945. The van der Waals surface area contributed by atoms with Gasteiger partial charge in [-0.2, -0.15) is 0 Å². The number of pyridine rings is 1. The van der Waals surface area contributed by atoms with Crippen LogP contribution in [0.25, 0.3) is 0 Å². The van der Waals surface area contributed by atoms with Crippen LogP contribution < -0.4 is 10.5 Å². The number of oxime groups is 1. The molecule has 1 aliphatic heterocycles. The number of carbonyl (C=O) groups is 1. The topological polar surface area (TPSA) is 110 Å². The average Bonchev–Trinajstić information content (AvgIpc) is 2.52. The number of amidine groups is 1. The zero-order valence-electron chi connectivity index (χ0n) is 14.5. The third-order valence-electron chi connectivity index (χ3n) is 3.53. The monoisotopic (exact) mass is 370 g/mol. The number of carbonyl (C=O) groups excluding carboxylic acids is 1. The molecule has 0 aliphatic carbocycles. The predicted molar refractivity (Wildman–Crippen MR) is 93.2 cm³/mol. The summed E-state index contributed by atoms with van der Waals surface area (Å²) in [6, 6.07) is 3.12. The number of halogens is 1. The molecule has 0 atom stereocenters. The first-order valence-electron chi connectivity index (χ1n) is 7.98. The van der Waals surface area contributed by atoms with Crippen molar-refractivity contribution in [1.82, 2.24) is 9.88 Å². The van der Waals surface area contributed by atoms with Crippen molar-refractivity contribution >= 4 is 23.5 Å². The highest BCUT2D eigenvalue weighted by atomic mass is 35.5. The van der Waals surface area contributed by atoms with Gasteiger partial charge < -0.3 is 25.3 Å². The molecule has 1 aromatic heterocycles. The highest BCUT2D eigenvalue weighted by molar-refractivity contribution is 6.29. The van der Waals surface area contributed by atoms with Crippen LogP contribution in [-0.4, -0.2) is 51.8 Å². The minimum atomic E-state index is -0.511. The van der Waals surface area contributed by atoms with Gasteiger partial charge in [-0.25, -0.2) is 9.78 Å². The van der Waals surface area contributed by atoms with Crippen molar-refractivity contribution in [2.45, 2.75) is 45.3 Å². The quantitative estimate of drug-likeness (QED) is 0.278. The van der Waals surface area contributed by atoms with Crippen LogP contribution in [0, 0.1) is 0 Å². The Morgan fingerprint density at radius 1 is 1.40 bits per heavy atom. The fourth-order valence-electron chi connectivity index (χ4n) is 2.40. The SMILES string of the molecule is CC(C)(C)OC(=O)N1CCC(Oc2cc(Cl)nc(/C(N)=N/O)c2)CC1. The highest BCUT2D eigenvalue weighted by Gasteiger charge is 2.27. The largest absolute Gasteiger partial charge is 0.490 e. The van der Waals surface area contributed by atoms with Crippen molar-refractivity contribution < 1.29 is 19.5 Å². The van der Waals surface area contributed by atoms with E-state index in [1.165, 1.54) is 0 Å². The summed E-state index contributed by atoms with van der Waals surface area (Å²) in [4.78, 5) is 17.7. The Bertz CT molecular complexity index is 652. The number of piperidine rings is 1. The molecule has 1 amide bonds. The standard InChI is InChI=1S/C16H23ClN4O4/c1-16(2,3)25-15(22)21-6-4-10(5-7-21)24-11-8-12(14(18)20-23)19-13(17)9-11/h8-10,23H,4-7H2,1-3H3,(H2,18,20). The number of nitrogens with zero attached hydrogens (tertiary/aromatic N) is 3. The van der Waals surface area contributed by atoms with Crippen LogP contribution in [0.5, 0.6) is 5.75 Å². The van der Waals surface area contributed by atoms with Gasteiger partial charge in [-0.05, 0) is 20.8 Å². The van der Waals surface area contributed by atoms with Crippen molar-refractivity contribution in [2.24, 2.45) is 10.9 Å². The second-order valence-electron chi connectivity index (χ2n) is 6.78. The zero-order chi connectivity index (χ0) is 18.6. The van der Waals surface area contributed by atoms with Gasteiger partial charge in [-0.1, -0.05) is 16.8 Å². The fraction of sp³-hybridized carbons (Fsp3) is 0.562. The molecule has 25 heavy (non-hydrogen) atoms. The van der Waals surface area contributed by atoms with Crippen molar-refractivity contribution in [1.29, 1.82) is 0 Å². The van der Waals surface area contributed by atoms with E-state index in [0.29, 0.717) is 31.7 Å². The lowest BCUT2D eigenvalue weighted by atomic mass is 10.1. The van der Waals surface area contributed by atoms with E-state index in [0.717, 1.165) is 0 Å². The fourth-order valence-corrected chi connectivity index (χ4v) is 2.60. The minimum absolute atomic E-state index is 0.0720. The molecule has 0 aromatic carbocycles. The first kappa shape index (κ1) is 19.1. The number of likely N-dealkylation sites (tertiary alicyclic amines) is 1. The maximum atomic E-state index is 12.1. The lowest BCUT2D eigenvalue weighted by molar-refractivity contribution is 0.0126. The molecule has 3 N–H and O–H groups in total. The van der Waals surface area contributed by atoms with Gasteiger partial charge in [-0.3, -0.25) is 0 Å². The molecule has 0 unspecified atom stereocenters. The van der Waals surface area contributed by atoms with E-state index in [9.17, 15) is 4.79 Å². The number of ether oxygens (including phenoxy) is 2. The molecule has 0 bridgehead atoms. The van der Waals surface area contributed by atoms with Crippen LogP contribution in [-0.2, 0) is 4.74 Å². The van der Waals surface area contributed by atoms with Crippen molar-refractivity contribution in [2.75, 3.05) is 13.1 Å². The third-order valence-corrected chi connectivity index (χ3v) is 3.73. The van der Waals surface area contributed by atoms with Gasteiger partial charge in [0.25, 0.3) is 0 Å². The summed E-state index contributed by atoms with van der Waals surface area (Å²) in [7, 11) is 0. The van der Waals surface area contributed by atoms with Crippen LogP contribution in [0.4, 0.5) is 4.79 Å². The second-order valence-corrected chi connectivity index (χ2v) is 7.17. The van der Waals surface area contributed by atoms with Crippen molar-refractivity contribution in [3.63, 3.8) is 0 Å². The summed E-state index contributed by atoms with van der Waals surface area (Å²) < 4.78 is 11.3. The van der Waals surface area contributed by atoms with Crippen molar-refractivity contribution in [3.8, 4) is 5.75 Å². The second kappa shape index (κ2) is 7.77. The van der Waals surface area contributed by atoms with E-state index in [2.05, 4.69) is 10.1 Å². The van der Waals surface area contributed by atoms with E-state index >= 15 is 0 Å². The summed E-state index contributed by atoms with van der Waals surface area (Å²) in [5, 5.41) is 11.8. The highest BCUT2D eigenvalue weighted by Crippen LogP contribution is 2.23. The Hall–Kier alpha value is -2.22.